The van der Waals surface area contributed by atoms with Crippen LogP contribution < -0.4 is 4.74 Å². The van der Waals surface area contributed by atoms with Crippen LogP contribution in [0.15, 0.2) is 42.5 Å². The lowest BCUT2D eigenvalue weighted by atomic mass is 10.0. The maximum atomic E-state index is 12.2. The van der Waals surface area contributed by atoms with E-state index in [0.29, 0.717) is 11.3 Å². The summed E-state index contributed by atoms with van der Waals surface area (Å²) in [4.78, 5) is 12.2. The molecule has 3 nitrogen and oxygen atoms in total. The number of ether oxygens (including phenoxy) is 1. The van der Waals surface area contributed by atoms with Gasteiger partial charge in [-0.15, -0.1) is 0 Å². The van der Waals surface area contributed by atoms with Crippen molar-refractivity contribution in [2.24, 2.45) is 0 Å². The van der Waals surface area contributed by atoms with Crippen molar-refractivity contribution in [3.63, 3.8) is 0 Å². The fourth-order valence-electron chi connectivity index (χ4n) is 1.82. The van der Waals surface area contributed by atoms with Crippen LogP contribution in [0.1, 0.15) is 28.9 Å². The van der Waals surface area contributed by atoms with Gasteiger partial charge in [0.1, 0.15) is 11.5 Å². The molecule has 3 heteroatoms. The number of rotatable bonds is 3. The Morgan fingerprint density at radius 3 is 2.37 bits per heavy atom. The molecule has 0 heterocycles. The second-order valence-electron chi connectivity index (χ2n) is 4.03. The van der Waals surface area contributed by atoms with E-state index in [1.807, 2.05) is 13.0 Å². The van der Waals surface area contributed by atoms with Crippen molar-refractivity contribution < 1.29 is 14.6 Å². The Morgan fingerprint density at radius 2 is 1.79 bits per heavy atom. The van der Waals surface area contributed by atoms with Gasteiger partial charge in [-0.2, -0.15) is 0 Å². The molecule has 0 aliphatic carbocycles. The highest BCUT2D eigenvalue weighted by molar-refractivity contribution is 6.10. The maximum Gasteiger partial charge on any atom is 0.196 e. The second kappa shape index (κ2) is 6.05. The summed E-state index contributed by atoms with van der Waals surface area (Å²) in [5.74, 6) is 0.348. The lowest BCUT2D eigenvalue weighted by Gasteiger charge is -2.09. The Bertz CT molecular complexity index is 574. The molecule has 0 unspecified atom stereocenters. The minimum atomic E-state index is -0.216. The Labute approximate surface area is 113 Å². The van der Waals surface area contributed by atoms with E-state index in [-0.39, 0.29) is 24.5 Å². The van der Waals surface area contributed by atoms with Crippen molar-refractivity contribution in [2.45, 2.75) is 14.4 Å². The average Bonchev–Trinajstić information content (AvgIpc) is 2.39. The first-order chi connectivity index (χ1) is 8.63. The van der Waals surface area contributed by atoms with Crippen molar-refractivity contribution in [1.82, 2.24) is 0 Å². The summed E-state index contributed by atoms with van der Waals surface area (Å²) in [5.41, 5.74) is 1.59. The van der Waals surface area contributed by atoms with Crippen molar-refractivity contribution >= 4 is 5.78 Å². The Morgan fingerprint density at radius 1 is 1.16 bits per heavy atom. The molecule has 19 heavy (non-hydrogen) atoms. The predicted octanol–water partition coefficient (Wildman–Crippen LogP) is 3.58. The highest BCUT2D eigenvalue weighted by Crippen LogP contribution is 2.29. The van der Waals surface area contributed by atoms with Crippen LogP contribution in [0.4, 0.5) is 0 Å². The number of benzene rings is 2. The van der Waals surface area contributed by atoms with E-state index in [1.165, 1.54) is 13.2 Å². The molecule has 100 valence electrons. The SMILES string of the molecule is C.COc1cc(C(=O)c2ccccc2)c(O)cc1C. The van der Waals surface area contributed by atoms with E-state index in [2.05, 4.69) is 0 Å². The topological polar surface area (TPSA) is 46.5 Å². The van der Waals surface area contributed by atoms with Crippen molar-refractivity contribution in [3.8, 4) is 11.5 Å². The van der Waals surface area contributed by atoms with Gasteiger partial charge in [-0.25, -0.2) is 0 Å². The van der Waals surface area contributed by atoms with E-state index >= 15 is 0 Å². The summed E-state index contributed by atoms with van der Waals surface area (Å²) >= 11 is 0. The molecule has 0 saturated heterocycles. The number of aromatic hydroxyl groups is 1. The summed E-state index contributed by atoms with van der Waals surface area (Å²) in [7, 11) is 1.54. The molecule has 0 aliphatic rings. The first-order valence-electron chi connectivity index (χ1n) is 5.61. The average molecular weight is 258 g/mol. The van der Waals surface area contributed by atoms with Crippen LogP contribution in [0.5, 0.6) is 11.5 Å². The lowest BCUT2D eigenvalue weighted by molar-refractivity contribution is 0.103. The van der Waals surface area contributed by atoms with Crippen LogP contribution in [0.2, 0.25) is 0 Å². The Balaban J connectivity index is 0.00000180. The smallest absolute Gasteiger partial charge is 0.196 e. The van der Waals surface area contributed by atoms with Gasteiger partial charge in [-0.05, 0) is 24.6 Å². The van der Waals surface area contributed by atoms with Crippen LogP contribution in [-0.4, -0.2) is 18.0 Å². The molecule has 0 fully saturated rings. The molecule has 2 rings (SSSR count). The predicted molar refractivity (Wildman–Crippen MR) is 76.0 cm³/mol. The minimum absolute atomic E-state index is 0. The molecular weight excluding hydrogens is 240 g/mol. The number of carbonyl (C=O) groups excluding carboxylic acids is 1. The van der Waals surface area contributed by atoms with Crippen molar-refractivity contribution in [2.75, 3.05) is 7.11 Å². The minimum Gasteiger partial charge on any atom is -0.507 e. The summed E-state index contributed by atoms with van der Waals surface area (Å²) in [5, 5.41) is 9.87. The zero-order valence-corrected chi connectivity index (χ0v) is 10.3. The molecule has 0 saturated carbocycles. The van der Waals surface area contributed by atoms with Gasteiger partial charge in [0, 0.05) is 5.56 Å². The molecule has 2 aromatic rings. The van der Waals surface area contributed by atoms with Gasteiger partial charge in [-0.1, -0.05) is 37.8 Å². The van der Waals surface area contributed by atoms with E-state index in [9.17, 15) is 9.90 Å². The molecule has 0 radical (unpaired) electrons. The van der Waals surface area contributed by atoms with Crippen molar-refractivity contribution in [3.05, 3.63) is 59.2 Å². The monoisotopic (exact) mass is 258 g/mol. The van der Waals surface area contributed by atoms with Gasteiger partial charge in [0.15, 0.2) is 5.78 Å². The largest absolute Gasteiger partial charge is 0.507 e. The number of ketones is 1. The number of methoxy groups -OCH3 is 1. The molecule has 0 aliphatic heterocycles. The molecular formula is C16H18O3. The Kier molecular flexibility index (Phi) is 4.70. The zero-order valence-electron chi connectivity index (χ0n) is 10.3. The van der Waals surface area contributed by atoms with Crippen molar-refractivity contribution in [1.29, 1.82) is 0 Å². The third-order valence-electron chi connectivity index (χ3n) is 2.79. The molecule has 1 N–H and O–H groups in total. The lowest BCUT2D eigenvalue weighted by Crippen LogP contribution is -2.02. The molecule has 0 atom stereocenters. The normalized spacial score (nSPS) is 9.58. The van der Waals surface area contributed by atoms with E-state index in [4.69, 9.17) is 4.74 Å². The molecule has 0 amide bonds. The standard InChI is InChI=1S/C15H14O3.CH4/c1-10-8-13(16)12(9-14(10)18-2)15(17)11-6-4-3-5-7-11;/h3-9,16H,1-2H3;1H4. The number of phenols is 1. The fraction of sp³-hybridized carbons (Fsp3) is 0.188. The number of aryl methyl sites for hydroxylation is 1. The fourth-order valence-corrected chi connectivity index (χ4v) is 1.82. The molecule has 0 spiro atoms. The number of carbonyl (C=O) groups is 1. The zero-order chi connectivity index (χ0) is 13.1. The van der Waals surface area contributed by atoms with E-state index in [1.54, 1.807) is 30.3 Å². The van der Waals surface area contributed by atoms with Crippen LogP contribution >= 0.6 is 0 Å². The van der Waals surface area contributed by atoms with Crippen LogP contribution in [0, 0.1) is 6.92 Å². The third kappa shape index (κ3) is 2.94. The first kappa shape index (κ1) is 14.8. The van der Waals surface area contributed by atoms with E-state index < -0.39 is 0 Å². The van der Waals surface area contributed by atoms with Crippen LogP contribution in [0.3, 0.4) is 0 Å². The van der Waals surface area contributed by atoms with Gasteiger partial charge in [-0.3, -0.25) is 4.79 Å². The highest BCUT2D eigenvalue weighted by Gasteiger charge is 2.15. The summed E-state index contributed by atoms with van der Waals surface area (Å²) in [6.07, 6.45) is 0. The molecule has 0 bridgehead atoms. The number of hydrogen-bond acceptors (Lipinski definition) is 3. The summed E-state index contributed by atoms with van der Waals surface area (Å²) < 4.78 is 5.16. The van der Waals surface area contributed by atoms with E-state index in [0.717, 1.165) is 5.56 Å². The highest BCUT2D eigenvalue weighted by atomic mass is 16.5. The number of phenolic OH excluding ortho intramolecular Hbond substituents is 1. The molecule has 0 aromatic heterocycles. The maximum absolute atomic E-state index is 12.2. The first-order valence-corrected chi connectivity index (χ1v) is 5.61. The third-order valence-corrected chi connectivity index (χ3v) is 2.79. The van der Waals surface area contributed by atoms with Gasteiger partial charge in [0.25, 0.3) is 0 Å². The van der Waals surface area contributed by atoms with Gasteiger partial charge < -0.3 is 9.84 Å². The number of hydrogen-bond donors (Lipinski definition) is 1. The Hall–Kier alpha value is -2.29. The van der Waals surface area contributed by atoms with Crippen LogP contribution in [0.25, 0.3) is 0 Å². The quantitative estimate of drug-likeness (QED) is 0.856. The van der Waals surface area contributed by atoms with Gasteiger partial charge in [0.2, 0.25) is 0 Å². The summed E-state index contributed by atoms with van der Waals surface area (Å²) in [6.45, 7) is 1.81. The summed E-state index contributed by atoms with van der Waals surface area (Å²) in [6, 6.07) is 12.0. The molecule has 2 aromatic carbocycles. The second-order valence-corrected chi connectivity index (χ2v) is 4.03. The van der Waals surface area contributed by atoms with Crippen LogP contribution in [-0.2, 0) is 0 Å². The van der Waals surface area contributed by atoms with Gasteiger partial charge >= 0.3 is 0 Å². The van der Waals surface area contributed by atoms with Gasteiger partial charge in [0.05, 0.1) is 12.7 Å².